The van der Waals surface area contributed by atoms with Crippen molar-refractivity contribution in [3.8, 4) is 11.7 Å². The number of pyridine rings is 1. The van der Waals surface area contributed by atoms with Crippen LogP contribution in [0.15, 0.2) is 10.9 Å². The Morgan fingerprint density at radius 3 is 2.33 bits per heavy atom. The van der Waals surface area contributed by atoms with Gasteiger partial charge < -0.3 is 15.2 Å². The van der Waals surface area contributed by atoms with E-state index in [2.05, 4.69) is 15.2 Å². The first-order chi connectivity index (χ1) is 17.8. The van der Waals surface area contributed by atoms with Crippen LogP contribution in [0.2, 0.25) is 0 Å². The molecule has 11 nitrogen and oxygen atoms in total. The molecule has 0 radical (unpaired) electrons. The van der Waals surface area contributed by atoms with E-state index in [1.165, 1.54) is 20.8 Å². The number of aliphatic hydroxyl groups is 1. The summed E-state index contributed by atoms with van der Waals surface area (Å²) in [6.07, 6.45) is -12.6. The van der Waals surface area contributed by atoms with E-state index in [0.717, 1.165) is 11.5 Å². The Labute approximate surface area is 214 Å². The van der Waals surface area contributed by atoms with Crippen LogP contribution in [0.5, 0.6) is 5.88 Å². The number of carbonyl (C=O) groups excluding carboxylic acids is 1. The number of hydrogen-bond acceptors (Lipinski definition) is 7. The number of anilines is 1. The highest BCUT2D eigenvalue weighted by molar-refractivity contribution is 6.06. The predicted molar refractivity (Wildman–Crippen MR) is 119 cm³/mol. The van der Waals surface area contributed by atoms with Crippen molar-refractivity contribution < 1.29 is 45.4 Å². The van der Waals surface area contributed by atoms with Crippen LogP contribution < -0.4 is 15.7 Å². The molecular weight excluding hydrogens is 547 g/mol. The zero-order valence-corrected chi connectivity index (χ0v) is 20.9. The maximum Gasteiger partial charge on any atom is 0.434 e. The fourth-order valence-corrected chi connectivity index (χ4v) is 3.34. The van der Waals surface area contributed by atoms with Gasteiger partial charge in [0.15, 0.2) is 29.3 Å². The highest BCUT2D eigenvalue weighted by atomic mass is 19.4. The van der Waals surface area contributed by atoms with Crippen molar-refractivity contribution in [2.24, 2.45) is 0 Å². The molecule has 18 heteroatoms. The molecule has 0 fully saturated rings. The van der Waals surface area contributed by atoms with Gasteiger partial charge in [0.05, 0.1) is 11.4 Å². The van der Waals surface area contributed by atoms with E-state index in [9.17, 15) is 41.0 Å². The van der Waals surface area contributed by atoms with Gasteiger partial charge in [0.1, 0.15) is 11.2 Å². The fraction of sp³-hybridized carbons (Fsp3) is 0.476. The van der Waals surface area contributed by atoms with Crippen LogP contribution in [0.3, 0.4) is 0 Å². The van der Waals surface area contributed by atoms with Gasteiger partial charge in [-0.15, -0.1) is 5.10 Å². The molecule has 3 heterocycles. The van der Waals surface area contributed by atoms with E-state index in [0.29, 0.717) is 17.7 Å². The molecule has 214 valence electrons. The minimum absolute atomic E-state index is 0.0413. The molecule has 1 unspecified atom stereocenters. The van der Waals surface area contributed by atoms with Crippen molar-refractivity contribution in [1.29, 1.82) is 0 Å². The summed E-state index contributed by atoms with van der Waals surface area (Å²) in [7, 11) is 0. The van der Waals surface area contributed by atoms with E-state index < -0.39 is 70.1 Å². The summed E-state index contributed by atoms with van der Waals surface area (Å²) in [5, 5.41) is 21.0. The highest BCUT2D eigenvalue weighted by Crippen LogP contribution is 2.35. The molecule has 3 N–H and O–H groups in total. The van der Waals surface area contributed by atoms with Crippen LogP contribution in [0.1, 0.15) is 55.3 Å². The Kier molecular flexibility index (Phi) is 7.57. The summed E-state index contributed by atoms with van der Waals surface area (Å²) in [6.45, 7) is 5.65. The first-order valence-electron chi connectivity index (χ1n) is 11.1. The van der Waals surface area contributed by atoms with E-state index in [1.54, 1.807) is 5.10 Å². The molecule has 3 aromatic rings. The number of aromatic amines is 1. The summed E-state index contributed by atoms with van der Waals surface area (Å²) >= 11 is 0. The first kappa shape index (κ1) is 29.6. The van der Waals surface area contributed by atoms with Crippen LogP contribution in [0.4, 0.5) is 36.4 Å². The summed E-state index contributed by atoms with van der Waals surface area (Å²) < 4.78 is 101. The number of ether oxygens (including phenoxy) is 1. The van der Waals surface area contributed by atoms with Crippen molar-refractivity contribution in [3.63, 3.8) is 0 Å². The van der Waals surface area contributed by atoms with Crippen molar-refractivity contribution in [1.82, 2.24) is 29.5 Å². The number of nitrogens with one attached hydrogen (secondary N) is 2. The number of rotatable bonds is 7. The number of hydrogen-bond donors (Lipinski definition) is 3. The number of aryl methyl sites for hydroxylation is 1. The van der Waals surface area contributed by atoms with E-state index >= 15 is 4.39 Å². The minimum Gasteiger partial charge on any atom is -0.464 e. The van der Waals surface area contributed by atoms with Crippen molar-refractivity contribution >= 4 is 11.6 Å². The molecule has 0 saturated carbocycles. The van der Waals surface area contributed by atoms with Gasteiger partial charge in [-0.3, -0.25) is 14.5 Å². The molecule has 0 bridgehead atoms. The van der Waals surface area contributed by atoms with Crippen LogP contribution >= 0.6 is 0 Å². The molecule has 0 aromatic carbocycles. The topological polar surface area (TPSA) is 140 Å². The second kappa shape index (κ2) is 9.97. The van der Waals surface area contributed by atoms with Crippen molar-refractivity contribution in [2.75, 3.05) is 5.32 Å². The lowest BCUT2D eigenvalue weighted by Gasteiger charge is -2.19. The second-order valence-corrected chi connectivity index (χ2v) is 8.78. The molecule has 3 aromatic heterocycles. The van der Waals surface area contributed by atoms with Gasteiger partial charge >= 0.3 is 18.0 Å². The smallest absolute Gasteiger partial charge is 0.434 e. The van der Waals surface area contributed by atoms with Gasteiger partial charge in [-0.25, -0.2) is 9.18 Å². The Balaban J connectivity index is 2.20. The summed E-state index contributed by atoms with van der Waals surface area (Å²) in [5.41, 5.74) is -6.43. The Morgan fingerprint density at radius 1 is 1.23 bits per heavy atom. The van der Waals surface area contributed by atoms with Gasteiger partial charge in [0.2, 0.25) is 5.88 Å². The van der Waals surface area contributed by atoms with Crippen LogP contribution in [0.25, 0.3) is 5.82 Å². The number of aromatic nitrogens is 6. The standard InChI is InChI=1S/C21H22F7N7O4/c1-6-34-17(19(4,5)38)33-35(18(34)37)14-11(22)7-10(16(30-14)39-9(3)20(23,24)25)15(36)29-12-8(2)31-32-13(12)21(26,27)28/h7,9,38H,6H2,1-5H3,(H,29,36)(H,31,32). The molecule has 0 aliphatic carbocycles. The maximum atomic E-state index is 15.2. The second-order valence-electron chi connectivity index (χ2n) is 8.78. The Bertz CT molecular complexity index is 1450. The van der Waals surface area contributed by atoms with Crippen LogP contribution in [-0.2, 0) is 18.3 Å². The summed E-state index contributed by atoms with van der Waals surface area (Å²) in [4.78, 5) is 29.3. The quantitative estimate of drug-likeness (QED) is 0.371. The summed E-state index contributed by atoms with van der Waals surface area (Å²) in [5.74, 6) is -5.37. The molecule has 39 heavy (non-hydrogen) atoms. The fourth-order valence-electron chi connectivity index (χ4n) is 3.34. The average Bonchev–Trinajstić information content (AvgIpc) is 3.33. The summed E-state index contributed by atoms with van der Waals surface area (Å²) in [6, 6.07) is 0.333. The molecule has 1 atom stereocenters. The van der Waals surface area contributed by atoms with Crippen LogP contribution in [-0.4, -0.2) is 52.8 Å². The molecular formula is C21H22F7N7O4. The van der Waals surface area contributed by atoms with E-state index in [1.807, 2.05) is 5.32 Å². The molecule has 0 saturated heterocycles. The lowest BCUT2D eigenvalue weighted by Crippen LogP contribution is -2.33. The van der Waals surface area contributed by atoms with E-state index in [4.69, 9.17) is 4.74 Å². The number of alkyl halides is 6. The van der Waals surface area contributed by atoms with Crippen molar-refractivity contribution in [3.05, 3.63) is 45.1 Å². The maximum absolute atomic E-state index is 15.2. The number of nitrogens with zero attached hydrogens (tertiary/aromatic N) is 5. The zero-order valence-electron chi connectivity index (χ0n) is 20.9. The largest absolute Gasteiger partial charge is 0.464 e. The van der Waals surface area contributed by atoms with Crippen molar-refractivity contribution in [2.45, 2.75) is 65.2 Å². The predicted octanol–water partition coefficient (Wildman–Crippen LogP) is 3.45. The number of halogens is 7. The number of carbonyl (C=O) groups is 1. The average molecular weight is 569 g/mol. The molecule has 0 aliphatic heterocycles. The number of H-pyrrole nitrogens is 1. The van der Waals surface area contributed by atoms with Gasteiger partial charge in [-0.2, -0.15) is 41.1 Å². The monoisotopic (exact) mass is 569 g/mol. The lowest BCUT2D eigenvalue weighted by atomic mass is 10.1. The number of amides is 1. The molecule has 3 rings (SSSR count). The lowest BCUT2D eigenvalue weighted by molar-refractivity contribution is -0.190. The first-order valence-corrected chi connectivity index (χ1v) is 11.1. The third-order valence-corrected chi connectivity index (χ3v) is 5.31. The molecule has 0 spiro atoms. The Morgan fingerprint density at radius 2 is 1.85 bits per heavy atom. The van der Waals surface area contributed by atoms with E-state index in [-0.39, 0.29) is 18.1 Å². The van der Waals surface area contributed by atoms with Gasteiger partial charge in [-0.05, 0) is 40.7 Å². The highest BCUT2D eigenvalue weighted by Gasteiger charge is 2.40. The van der Waals surface area contributed by atoms with Gasteiger partial charge in [-0.1, -0.05) is 0 Å². The zero-order chi connectivity index (χ0) is 29.7. The SMILES string of the molecule is CCn1c(C(C)(C)O)nn(-c2nc(OC(C)C(F)(F)F)c(C(=O)Nc3c(C)n[nH]c3C(F)(F)F)cc2F)c1=O. The third-order valence-electron chi connectivity index (χ3n) is 5.31. The van der Waals surface area contributed by atoms with Gasteiger partial charge in [0.25, 0.3) is 5.91 Å². The normalized spacial score (nSPS) is 13.5. The van der Waals surface area contributed by atoms with Crippen LogP contribution in [0, 0.1) is 12.7 Å². The molecule has 1 amide bonds. The minimum atomic E-state index is -5.00. The third kappa shape index (κ3) is 5.89. The Hall–Kier alpha value is -3.96. The molecule has 0 aliphatic rings. The van der Waals surface area contributed by atoms with Gasteiger partial charge in [0, 0.05) is 6.54 Å².